The van der Waals surface area contributed by atoms with Crippen molar-refractivity contribution in [2.45, 2.75) is 118 Å². The molecule has 8 atom stereocenters. The Kier molecular flexibility index (Phi) is 8.40. The number of Topliss-reactive ketones (excluding diaryl/α,β-unsaturated/α-hetero) is 1. The van der Waals surface area contributed by atoms with Crippen LogP contribution in [0.2, 0.25) is 5.02 Å². The van der Waals surface area contributed by atoms with E-state index in [1.165, 1.54) is 50.5 Å². The van der Waals surface area contributed by atoms with Gasteiger partial charge in [0.1, 0.15) is 5.82 Å². The first-order valence-electron chi connectivity index (χ1n) is 18.5. The van der Waals surface area contributed by atoms with E-state index in [9.17, 15) is 4.79 Å². The predicted octanol–water partition coefficient (Wildman–Crippen LogP) is 8.71. The second-order valence-corrected chi connectivity index (χ2v) is 17.9. The van der Waals surface area contributed by atoms with Gasteiger partial charge in [0.25, 0.3) is 0 Å². The number of carbonyl (C=O) groups is 1. The van der Waals surface area contributed by atoms with E-state index < -0.39 is 0 Å². The number of benzene rings is 1. The molecular formula is C40H57ClN4O2. The number of ether oxygens (including phenoxy) is 1. The van der Waals surface area contributed by atoms with Gasteiger partial charge in [-0.25, -0.2) is 0 Å². The van der Waals surface area contributed by atoms with Crippen molar-refractivity contribution in [2.75, 3.05) is 13.7 Å². The lowest BCUT2D eigenvalue weighted by molar-refractivity contribution is -0.207. The number of rotatable bonds is 7. The maximum absolute atomic E-state index is 14.1. The standard InChI is InChI=1S/C40H57ClN4O2/c1-24(2)34-29(46)22-40(23-33-43-44-36(45(33)21-20-42)25-8-10-26(41)11-9-25)19-14-28-27(35(34)40)12-13-31-38(28,5)17-15-30-37(3,4)32(47-7)16-18-39(30,31)6/h8-11,24,27-28,30-32H,12-23,42H2,1-7H3. The van der Waals surface area contributed by atoms with Crippen molar-refractivity contribution in [1.29, 1.82) is 0 Å². The van der Waals surface area contributed by atoms with E-state index in [0.717, 1.165) is 41.5 Å². The largest absolute Gasteiger partial charge is 0.381 e. The van der Waals surface area contributed by atoms with Gasteiger partial charge in [-0.2, -0.15) is 0 Å². The number of ketones is 1. The van der Waals surface area contributed by atoms with Crippen molar-refractivity contribution in [3.63, 3.8) is 0 Å². The second-order valence-electron chi connectivity index (χ2n) is 17.5. The third-order valence-corrected chi connectivity index (χ3v) is 15.0. The summed E-state index contributed by atoms with van der Waals surface area (Å²) >= 11 is 6.22. The first-order chi connectivity index (χ1) is 22.3. The zero-order valence-corrected chi connectivity index (χ0v) is 30.6. The Balaban J connectivity index is 1.25. The second kappa shape index (κ2) is 11.8. The summed E-state index contributed by atoms with van der Waals surface area (Å²) in [5.74, 6) is 4.89. The fraction of sp³-hybridized carbons (Fsp3) is 0.725. The molecule has 4 saturated carbocycles. The van der Waals surface area contributed by atoms with Crippen molar-refractivity contribution in [3.05, 3.63) is 46.3 Å². The molecule has 0 aliphatic heterocycles. The average Bonchev–Trinajstić information content (AvgIpc) is 3.54. The number of fused-ring (bicyclic) bond motifs is 7. The zero-order chi connectivity index (χ0) is 33.5. The molecule has 8 unspecified atom stereocenters. The summed E-state index contributed by atoms with van der Waals surface area (Å²) in [7, 11) is 1.92. The molecule has 1 heterocycles. The number of aromatic nitrogens is 3. The molecule has 5 aliphatic carbocycles. The minimum absolute atomic E-state index is 0.183. The zero-order valence-electron chi connectivity index (χ0n) is 29.9. The van der Waals surface area contributed by atoms with Gasteiger partial charge in [-0.15, -0.1) is 10.2 Å². The molecule has 256 valence electrons. The summed E-state index contributed by atoms with van der Waals surface area (Å²) in [6, 6.07) is 7.81. The Morgan fingerprint density at radius 3 is 2.36 bits per heavy atom. The van der Waals surface area contributed by atoms with Crippen LogP contribution in [0.1, 0.15) is 105 Å². The molecule has 7 heteroatoms. The number of nitrogens with zero attached hydrogens (tertiary/aromatic N) is 3. The van der Waals surface area contributed by atoms with E-state index in [0.29, 0.717) is 65.0 Å². The Morgan fingerprint density at radius 1 is 0.957 bits per heavy atom. The average molecular weight is 661 g/mol. The molecule has 2 aromatic rings. The minimum Gasteiger partial charge on any atom is -0.381 e. The molecule has 7 rings (SSSR count). The number of methoxy groups -OCH3 is 1. The third-order valence-electron chi connectivity index (χ3n) is 14.7. The maximum Gasteiger partial charge on any atom is 0.164 e. The van der Waals surface area contributed by atoms with Crippen LogP contribution in [-0.2, 0) is 22.5 Å². The number of allylic oxidation sites excluding steroid dienone is 2. The van der Waals surface area contributed by atoms with Crippen LogP contribution in [0, 0.1) is 51.2 Å². The van der Waals surface area contributed by atoms with Gasteiger partial charge in [0.15, 0.2) is 11.6 Å². The Morgan fingerprint density at radius 2 is 1.68 bits per heavy atom. The fourth-order valence-corrected chi connectivity index (χ4v) is 13.1. The van der Waals surface area contributed by atoms with Crippen LogP contribution in [-0.4, -0.2) is 40.3 Å². The van der Waals surface area contributed by atoms with Gasteiger partial charge in [-0.05, 0) is 127 Å². The Labute approximate surface area is 287 Å². The van der Waals surface area contributed by atoms with Gasteiger partial charge in [-0.1, -0.05) is 58.7 Å². The molecule has 1 aromatic carbocycles. The number of carbonyl (C=O) groups excluding carboxylic acids is 1. The fourth-order valence-electron chi connectivity index (χ4n) is 13.0. The minimum atomic E-state index is -0.183. The van der Waals surface area contributed by atoms with E-state index in [4.69, 9.17) is 32.3 Å². The van der Waals surface area contributed by atoms with Gasteiger partial charge < -0.3 is 15.0 Å². The smallest absolute Gasteiger partial charge is 0.164 e. The number of halogens is 1. The SMILES string of the molecule is COC1CCC2(C)C(CCC3(C)C4CCC5(Cc6nnc(-c7ccc(Cl)cc7)n6CCN)CC(=O)C(C(C)C)=C5C4CCC32)C1(C)C. The lowest BCUT2D eigenvalue weighted by atomic mass is 9.36. The predicted molar refractivity (Wildman–Crippen MR) is 189 cm³/mol. The molecule has 0 amide bonds. The van der Waals surface area contributed by atoms with Crippen LogP contribution in [0.5, 0.6) is 0 Å². The highest BCUT2D eigenvalue weighted by Crippen LogP contribution is 2.73. The number of hydrogen-bond acceptors (Lipinski definition) is 5. The highest BCUT2D eigenvalue weighted by molar-refractivity contribution is 6.30. The first-order valence-corrected chi connectivity index (χ1v) is 18.9. The molecule has 0 radical (unpaired) electrons. The monoisotopic (exact) mass is 660 g/mol. The maximum atomic E-state index is 14.1. The summed E-state index contributed by atoms with van der Waals surface area (Å²) in [6.07, 6.45) is 11.4. The van der Waals surface area contributed by atoms with Gasteiger partial charge in [0, 0.05) is 49.0 Å². The van der Waals surface area contributed by atoms with E-state index in [-0.39, 0.29) is 16.7 Å². The van der Waals surface area contributed by atoms with Crippen LogP contribution in [0.4, 0.5) is 0 Å². The van der Waals surface area contributed by atoms with Crippen LogP contribution in [0.25, 0.3) is 11.4 Å². The van der Waals surface area contributed by atoms with Crippen molar-refractivity contribution in [1.82, 2.24) is 14.8 Å². The van der Waals surface area contributed by atoms with E-state index in [1.54, 1.807) is 0 Å². The normalized spacial score (nSPS) is 37.8. The van der Waals surface area contributed by atoms with Gasteiger partial charge in [0.2, 0.25) is 0 Å². The van der Waals surface area contributed by atoms with Crippen molar-refractivity contribution in [3.8, 4) is 11.4 Å². The topological polar surface area (TPSA) is 83.0 Å². The number of hydrogen-bond donors (Lipinski definition) is 1. The summed E-state index contributed by atoms with van der Waals surface area (Å²) < 4.78 is 8.30. The molecule has 0 spiro atoms. The molecular weight excluding hydrogens is 604 g/mol. The molecule has 2 N–H and O–H groups in total. The molecule has 47 heavy (non-hydrogen) atoms. The summed E-state index contributed by atoms with van der Waals surface area (Å²) in [4.78, 5) is 14.1. The molecule has 6 nitrogen and oxygen atoms in total. The Bertz CT molecular complexity index is 1560. The lowest BCUT2D eigenvalue weighted by Gasteiger charge is -2.69. The van der Waals surface area contributed by atoms with Crippen molar-refractivity contribution < 1.29 is 9.53 Å². The van der Waals surface area contributed by atoms with Crippen LogP contribution < -0.4 is 5.73 Å². The van der Waals surface area contributed by atoms with Crippen LogP contribution in [0.15, 0.2) is 35.4 Å². The summed E-state index contributed by atoms with van der Waals surface area (Å²) in [5.41, 5.74) is 10.4. The van der Waals surface area contributed by atoms with E-state index >= 15 is 0 Å². The van der Waals surface area contributed by atoms with Gasteiger partial charge in [0.05, 0.1) is 6.10 Å². The molecule has 4 fully saturated rings. The van der Waals surface area contributed by atoms with Crippen molar-refractivity contribution in [2.24, 2.45) is 57.0 Å². The highest BCUT2D eigenvalue weighted by Gasteiger charge is 2.66. The first kappa shape index (κ1) is 33.5. The van der Waals surface area contributed by atoms with Crippen LogP contribution >= 0.6 is 11.6 Å². The highest BCUT2D eigenvalue weighted by atomic mass is 35.5. The van der Waals surface area contributed by atoms with Crippen LogP contribution in [0.3, 0.4) is 0 Å². The molecule has 0 bridgehead atoms. The molecule has 0 saturated heterocycles. The molecule has 5 aliphatic rings. The molecule has 1 aromatic heterocycles. The van der Waals surface area contributed by atoms with Crippen molar-refractivity contribution >= 4 is 17.4 Å². The van der Waals surface area contributed by atoms with E-state index in [2.05, 4.69) is 46.1 Å². The third kappa shape index (κ3) is 4.96. The van der Waals surface area contributed by atoms with Gasteiger partial charge in [-0.3, -0.25) is 4.79 Å². The lowest BCUT2D eigenvalue weighted by Crippen LogP contribution is -2.62. The van der Waals surface area contributed by atoms with Gasteiger partial charge >= 0.3 is 0 Å². The number of nitrogens with two attached hydrogens (primary N) is 1. The Hall–Kier alpha value is -2.02. The quantitative estimate of drug-likeness (QED) is 0.321. The summed E-state index contributed by atoms with van der Waals surface area (Å²) in [6.45, 7) is 15.9. The van der Waals surface area contributed by atoms with E-state index in [1.807, 2.05) is 31.4 Å². The summed E-state index contributed by atoms with van der Waals surface area (Å²) in [5, 5.41) is 10.2.